The molecule has 0 radical (unpaired) electrons. The van der Waals surface area contributed by atoms with Crippen LogP contribution in [0, 0.1) is 6.92 Å². The Morgan fingerprint density at radius 3 is 2.69 bits per heavy atom. The molecule has 0 bridgehead atoms. The van der Waals surface area contributed by atoms with Gasteiger partial charge in [-0.2, -0.15) is 0 Å². The molecule has 0 saturated carbocycles. The van der Waals surface area contributed by atoms with Crippen molar-refractivity contribution < 1.29 is 4.74 Å². The summed E-state index contributed by atoms with van der Waals surface area (Å²) in [5.74, 6) is 2.06. The molecule has 2 aromatic heterocycles. The van der Waals surface area contributed by atoms with Crippen LogP contribution in [-0.2, 0) is 0 Å². The number of hydrogen-bond donors (Lipinski definition) is 1. The van der Waals surface area contributed by atoms with Gasteiger partial charge in [-0.15, -0.1) is 0 Å². The first-order chi connectivity index (χ1) is 12.6. The first kappa shape index (κ1) is 17.8. The zero-order chi connectivity index (χ0) is 18.5. The van der Waals surface area contributed by atoms with E-state index in [1.165, 1.54) is 5.56 Å². The second-order valence-electron chi connectivity index (χ2n) is 6.01. The summed E-state index contributed by atoms with van der Waals surface area (Å²) < 4.78 is 5.52. The van der Waals surface area contributed by atoms with E-state index in [9.17, 15) is 0 Å². The van der Waals surface area contributed by atoms with Gasteiger partial charge in [-0.1, -0.05) is 24.3 Å². The molecule has 134 valence electrons. The molecule has 6 nitrogen and oxygen atoms in total. The number of nitrogens with zero attached hydrogens (tertiary/aromatic N) is 4. The maximum absolute atomic E-state index is 5.52. The van der Waals surface area contributed by atoms with Crippen molar-refractivity contribution >= 4 is 22.9 Å². The van der Waals surface area contributed by atoms with Crippen molar-refractivity contribution in [2.45, 2.75) is 26.8 Å². The smallest absolute Gasteiger partial charge is 0.214 e. The van der Waals surface area contributed by atoms with Crippen LogP contribution in [-0.4, -0.2) is 34.8 Å². The van der Waals surface area contributed by atoms with Gasteiger partial charge >= 0.3 is 0 Å². The maximum Gasteiger partial charge on any atom is 0.214 e. The number of anilines is 1. The molecule has 6 heteroatoms. The Bertz CT molecular complexity index is 921. The first-order valence-corrected chi connectivity index (χ1v) is 8.66. The second-order valence-corrected chi connectivity index (χ2v) is 6.01. The molecular formula is C20H23N5O. The third-order valence-electron chi connectivity index (χ3n) is 4.03. The van der Waals surface area contributed by atoms with Gasteiger partial charge in [0.25, 0.3) is 0 Å². The van der Waals surface area contributed by atoms with Gasteiger partial charge in [0.15, 0.2) is 0 Å². The number of pyridine rings is 1. The fourth-order valence-electron chi connectivity index (χ4n) is 2.77. The number of benzene rings is 1. The highest BCUT2D eigenvalue weighted by Crippen LogP contribution is 2.27. The van der Waals surface area contributed by atoms with E-state index in [1.54, 1.807) is 13.2 Å². The number of aromatic nitrogens is 3. The summed E-state index contributed by atoms with van der Waals surface area (Å²) in [7, 11) is 1.77. The maximum atomic E-state index is 5.52. The van der Waals surface area contributed by atoms with Crippen molar-refractivity contribution in [3.05, 3.63) is 53.5 Å². The molecule has 0 spiro atoms. The summed E-state index contributed by atoms with van der Waals surface area (Å²) in [6.45, 7) is 6.49. The monoisotopic (exact) mass is 349 g/mol. The molecule has 1 atom stereocenters. The van der Waals surface area contributed by atoms with Crippen molar-refractivity contribution in [1.29, 1.82) is 0 Å². The van der Waals surface area contributed by atoms with E-state index in [-0.39, 0.29) is 6.04 Å². The number of ether oxygens (including phenoxy) is 1. The van der Waals surface area contributed by atoms with E-state index in [0.29, 0.717) is 18.3 Å². The molecule has 0 fully saturated rings. The summed E-state index contributed by atoms with van der Waals surface area (Å²) in [4.78, 5) is 17.4. The highest BCUT2D eigenvalue weighted by Gasteiger charge is 2.12. The number of hydrogen-bond acceptors (Lipinski definition) is 6. The minimum atomic E-state index is 0.0869. The molecule has 3 rings (SSSR count). The van der Waals surface area contributed by atoms with Crippen molar-refractivity contribution in [2.75, 3.05) is 19.0 Å². The summed E-state index contributed by atoms with van der Waals surface area (Å²) in [5.41, 5.74) is 3.05. The predicted molar refractivity (Wildman–Crippen MR) is 105 cm³/mol. The normalized spacial score (nSPS) is 12.5. The SMILES string of the molecule is CCOc1cc2c(N[C@H](C)c3ccc(C=NC)cc3)nc(C)nc2cn1. The average Bonchev–Trinajstić information content (AvgIpc) is 2.63. The van der Waals surface area contributed by atoms with Gasteiger partial charge in [0.2, 0.25) is 5.88 Å². The Balaban J connectivity index is 1.92. The van der Waals surface area contributed by atoms with E-state index in [4.69, 9.17) is 4.74 Å². The minimum Gasteiger partial charge on any atom is -0.478 e. The molecule has 0 amide bonds. The van der Waals surface area contributed by atoms with E-state index in [2.05, 4.69) is 56.5 Å². The quantitative estimate of drug-likeness (QED) is 0.682. The van der Waals surface area contributed by atoms with Gasteiger partial charge in [0.05, 0.1) is 18.3 Å². The van der Waals surface area contributed by atoms with Crippen LogP contribution in [0.25, 0.3) is 10.9 Å². The number of nitrogens with one attached hydrogen (secondary N) is 1. The zero-order valence-corrected chi connectivity index (χ0v) is 15.5. The molecule has 0 aliphatic carbocycles. The van der Waals surface area contributed by atoms with Crippen LogP contribution in [0.4, 0.5) is 5.82 Å². The molecule has 2 heterocycles. The molecular weight excluding hydrogens is 326 g/mol. The van der Waals surface area contributed by atoms with Gasteiger partial charge in [0.1, 0.15) is 11.6 Å². The van der Waals surface area contributed by atoms with Crippen molar-refractivity contribution in [1.82, 2.24) is 15.0 Å². The lowest BCUT2D eigenvalue weighted by Crippen LogP contribution is -2.10. The van der Waals surface area contributed by atoms with E-state index in [0.717, 1.165) is 22.3 Å². The highest BCUT2D eigenvalue weighted by molar-refractivity contribution is 5.89. The Morgan fingerprint density at radius 1 is 1.23 bits per heavy atom. The Labute approximate surface area is 153 Å². The number of fused-ring (bicyclic) bond motifs is 1. The molecule has 0 aliphatic rings. The lowest BCUT2D eigenvalue weighted by molar-refractivity contribution is 0.327. The summed E-state index contributed by atoms with van der Waals surface area (Å²) >= 11 is 0. The third-order valence-corrected chi connectivity index (χ3v) is 4.03. The van der Waals surface area contributed by atoms with E-state index in [1.807, 2.05) is 26.1 Å². The lowest BCUT2D eigenvalue weighted by atomic mass is 10.1. The second kappa shape index (κ2) is 7.91. The highest BCUT2D eigenvalue weighted by atomic mass is 16.5. The fraction of sp³-hybridized carbons (Fsp3) is 0.300. The summed E-state index contributed by atoms with van der Waals surface area (Å²) in [5, 5.41) is 4.39. The zero-order valence-electron chi connectivity index (χ0n) is 15.5. The molecule has 3 aromatic rings. The van der Waals surface area contributed by atoms with Crippen LogP contribution >= 0.6 is 0 Å². The standard InChI is InChI=1S/C20H23N5O/c1-5-26-19-10-17-18(12-22-19)24-14(3)25-20(17)23-13(2)16-8-6-15(7-9-16)11-21-4/h6-13H,5H2,1-4H3,(H,23,24,25)/t13-/m1/s1. The first-order valence-electron chi connectivity index (χ1n) is 8.66. The third kappa shape index (κ3) is 3.96. The summed E-state index contributed by atoms with van der Waals surface area (Å²) in [6.07, 6.45) is 3.56. The van der Waals surface area contributed by atoms with Crippen molar-refractivity contribution in [3.8, 4) is 5.88 Å². The van der Waals surface area contributed by atoms with Crippen LogP contribution in [0.3, 0.4) is 0 Å². The van der Waals surface area contributed by atoms with Crippen molar-refractivity contribution in [2.24, 2.45) is 4.99 Å². The van der Waals surface area contributed by atoms with E-state index >= 15 is 0 Å². The average molecular weight is 349 g/mol. The van der Waals surface area contributed by atoms with Gasteiger partial charge in [0, 0.05) is 30.8 Å². The molecule has 0 aliphatic heterocycles. The van der Waals surface area contributed by atoms with Crippen molar-refractivity contribution in [3.63, 3.8) is 0 Å². The van der Waals surface area contributed by atoms with Crippen LogP contribution in [0.2, 0.25) is 0 Å². The topological polar surface area (TPSA) is 72.3 Å². The predicted octanol–water partition coefficient (Wildman–Crippen LogP) is 3.95. The fourth-order valence-corrected chi connectivity index (χ4v) is 2.77. The van der Waals surface area contributed by atoms with Crippen LogP contribution in [0.5, 0.6) is 5.88 Å². The Morgan fingerprint density at radius 2 is 2.00 bits per heavy atom. The van der Waals surface area contributed by atoms with Gasteiger partial charge in [-0.05, 0) is 31.9 Å². The molecule has 26 heavy (non-hydrogen) atoms. The minimum absolute atomic E-state index is 0.0869. The van der Waals surface area contributed by atoms with Crippen LogP contribution in [0.15, 0.2) is 41.5 Å². The number of rotatable bonds is 6. The van der Waals surface area contributed by atoms with Gasteiger partial charge in [-0.3, -0.25) is 4.99 Å². The molecule has 1 N–H and O–H groups in total. The van der Waals surface area contributed by atoms with E-state index < -0.39 is 0 Å². The van der Waals surface area contributed by atoms with Gasteiger partial charge < -0.3 is 10.1 Å². The Kier molecular flexibility index (Phi) is 5.41. The number of aliphatic imine (C=N–C) groups is 1. The Hall–Kier alpha value is -3.02. The molecule has 1 aromatic carbocycles. The molecule has 0 saturated heterocycles. The van der Waals surface area contributed by atoms with Crippen LogP contribution < -0.4 is 10.1 Å². The summed E-state index contributed by atoms with van der Waals surface area (Å²) in [6, 6.07) is 10.3. The largest absolute Gasteiger partial charge is 0.478 e. The number of aryl methyl sites for hydroxylation is 1. The van der Waals surface area contributed by atoms with Crippen LogP contribution in [0.1, 0.15) is 36.8 Å². The van der Waals surface area contributed by atoms with Gasteiger partial charge in [-0.25, -0.2) is 15.0 Å². The molecule has 0 unspecified atom stereocenters. The lowest BCUT2D eigenvalue weighted by Gasteiger charge is -2.17.